The van der Waals surface area contributed by atoms with E-state index in [0.717, 1.165) is 47.6 Å². The van der Waals surface area contributed by atoms with Crippen LogP contribution >= 0.6 is 11.6 Å². The third-order valence-electron chi connectivity index (χ3n) is 5.84. The zero-order valence-corrected chi connectivity index (χ0v) is 20.8. The van der Waals surface area contributed by atoms with E-state index in [9.17, 15) is 4.79 Å². The molecule has 1 N–H and O–H groups in total. The Hall–Kier alpha value is -3.51. The normalized spacial score (nSPS) is 11.9. The molecule has 7 heteroatoms. The highest BCUT2D eigenvalue weighted by Crippen LogP contribution is 2.24. The Bertz CT molecular complexity index is 1270. The van der Waals surface area contributed by atoms with Gasteiger partial charge < -0.3 is 19.4 Å². The summed E-state index contributed by atoms with van der Waals surface area (Å²) in [5.74, 6) is 2.28. The molecule has 3 aromatic carbocycles. The lowest BCUT2D eigenvalue weighted by molar-refractivity contribution is -0.121. The summed E-state index contributed by atoms with van der Waals surface area (Å²) >= 11 is 6.17. The Kier molecular flexibility index (Phi) is 8.27. The number of halogens is 1. The van der Waals surface area contributed by atoms with Gasteiger partial charge in [-0.1, -0.05) is 48.0 Å². The van der Waals surface area contributed by atoms with Crippen LogP contribution in [0.15, 0.2) is 72.8 Å². The fourth-order valence-corrected chi connectivity index (χ4v) is 4.25. The largest absolute Gasteiger partial charge is 0.497 e. The summed E-state index contributed by atoms with van der Waals surface area (Å²) in [5.41, 5.74) is 2.92. The highest BCUT2D eigenvalue weighted by molar-refractivity contribution is 6.32. The number of ether oxygens (including phenoxy) is 2. The topological polar surface area (TPSA) is 65.4 Å². The monoisotopic (exact) mass is 491 g/mol. The number of rotatable bonds is 11. The maximum Gasteiger partial charge on any atom is 0.224 e. The van der Waals surface area contributed by atoms with Crippen LogP contribution in [0.5, 0.6) is 11.5 Å². The number of hydrogen-bond acceptors (Lipinski definition) is 4. The summed E-state index contributed by atoms with van der Waals surface area (Å²) < 4.78 is 13.2. The van der Waals surface area contributed by atoms with E-state index >= 15 is 0 Å². The molecule has 1 amide bonds. The zero-order chi connectivity index (χ0) is 24.6. The number of aromatic nitrogens is 2. The van der Waals surface area contributed by atoms with Crippen LogP contribution in [0.4, 0.5) is 0 Å². The van der Waals surface area contributed by atoms with Gasteiger partial charge in [-0.15, -0.1) is 0 Å². The fourth-order valence-electron chi connectivity index (χ4n) is 4.06. The first-order chi connectivity index (χ1) is 17.0. The van der Waals surface area contributed by atoms with E-state index in [4.69, 9.17) is 26.1 Å². The van der Waals surface area contributed by atoms with Crippen LogP contribution < -0.4 is 14.8 Å². The molecule has 0 bridgehead atoms. The molecule has 35 heavy (non-hydrogen) atoms. The van der Waals surface area contributed by atoms with E-state index in [1.54, 1.807) is 7.11 Å². The SMILES string of the molecule is COc1ccc(CC(=O)NC(C)c2nc3ccccc3n2CCCCOc2ccccc2Cl)cc1. The van der Waals surface area contributed by atoms with Gasteiger partial charge in [0, 0.05) is 6.54 Å². The Morgan fingerprint density at radius 1 is 1.03 bits per heavy atom. The summed E-state index contributed by atoms with van der Waals surface area (Å²) in [4.78, 5) is 17.6. The van der Waals surface area contributed by atoms with Gasteiger partial charge in [0.1, 0.15) is 17.3 Å². The van der Waals surface area contributed by atoms with Gasteiger partial charge in [0.15, 0.2) is 0 Å². The Labute approximate surface area is 210 Å². The molecule has 0 saturated carbocycles. The van der Waals surface area contributed by atoms with Crippen molar-refractivity contribution in [2.75, 3.05) is 13.7 Å². The van der Waals surface area contributed by atoms with Gasteiger partial charge in [-0.05, 0) is 61.7 Å². The first-order valence-electron chi connectivity index (χ1n) is 11.8. The van der Waals surface area contributed by atoms with Gasteiger partial charge in [0.2, 0.25) is 5.91 Å². The molecule has 4 rings (SSSR count). The number of methoxy groups -OCH3 is 1. The molecule has 0 aliphatic heterocycles. The average Bonchev–Trinajstić information content (AvgIpc) is 3.24. The predicted octanol–water partition coefficient (Wildman–Crippen LogP) is 5.98. The smallest absolute Gasteiger partial charge is 0.224 e. The lowest BCUT2D eigenvalue weighted by Crippen LogP contribution is -2.30. The number of para-hydroxylation sites is 3. The van der Waals surface area contributed by atoms with Gasteiger partial charge in [-0.3, -0.25) is 4.79 Å². The van der Waals surface area contributed by atoms with E-state index in [-0.39, 0.29) is 11.9 Å². The van der Waals surface area contributed by atoms with Crippen LogP contribution in [0.3, 0.4) is 0 Å². The van der Waals surface area contributed by atoms with Crippen molar-refractivity contribution in [3.8, 4) is 11.5 Å². The van der Waals surface area contributed by atoms with E-state index < -0.39 is 0 Å². The molecule has 0 aliphatic rings. The van der Waals surface area contributed by atoms with Crippen LogP contribution in [-0.4, -0.2) is 29.2 Å². The molecule has 6 nitrogen and oxygen atoms in total. The van der Waals surface area contributed by atoms with Crippen LogP contribution in [0.1, 0.15) is 37.2 Å². The van der Waals surface area contributed by atoms with E-state index in [2.05, 4.69) is 16.0 Å². The van der Waals surface area contributed by atoms with Crippen molar-refractivity contribution in [1.29, 1.82) is 0 Å². The van der Waals surface area contributed by atoms with E-state index in [0.29, 0.717) is 23.8 Å². The van der Waals surface area contributed by atoms with Crippen molar-refractivity contribution < 1.29 is 14.3 Å². The molecule has 0 spiro atoms. The van der Waals surface area contributed by atoms with Crippen molar-refractivity contribution >= 4 is 28.5 Å². The van der Waals surface area contributed by atoms with Crippen LogP contribution in [0.2, 0.25) is 5.02 Å². The molecule has 1 unspecified atom stereocenters. The van der Waals surface area contributed by atoms with Crippen molar-refractivity contribution in [3.05, 3.63) is 89.2 Å². The highest BCUT2D eigenvalue weighted by atomic mass is 35.5. The predicted molar refractivity (Wildman–Crippen MR) is 139 cm³/mol. The average molecular weight is 492 g/mol. The summed E-state index contributed by atoms with van der Waals surface area (Å²) in [5, 5.41) is 3.73. The summed E-state index contributed by atoms with van der Waals surface area (Å²) in [6.07, 6.45) is 2.08. The Morgan fingerprint density at radius 3 is 2.54 bits per heavy atom. The molecule has 1 aromatic heterocycles. The lowest BCUT2D eigenvalue weighted by atomic mass is 10.1. The second-order valence-corrected chi connectivity index (χ2v) is 8.82. The standard InChI is InChI=1S/C28H30ClN3O3/c1-20(30-27(33)19-21-13-15-22(34-2)16-14-21)28-31-24-10-4-5-11-25(24)32(28)17-7-8-18-35-26-12-6-3-9-23(26)29/h3-6,9-16,20H,7-8,17-19H2,1-2H3,(H,30,33). The molecular formula is C28H30ClN3O3. The molecule has 4 aromatic rings. The number of nitrogens with one attached hydrogen (secondary N) is 1. The van der Waals surface area contributed by atoms with E-state index in [1.165, 1.54) is 0 Å². The number of benzene rings is 3. The molecule has 1 heterocycles. The number of carbonyl (C=O) groups excluding carboxylic acids is 1. The first kappa shape index (κ1) is 24.6. The molecule has 182 valence electrons. The molecule has 0 saturated heterocycles. The lowest BCUT2D eigenvalue weighted by Gasteiger charge is -2.17. The van der Waals surface area contributed by atoms with Crippen molar-refractivity contribution in [1.82, 2.24) is 14.9 Å². The van der Waals surface area contributed by atoms with Crippen LogP contribution in [0, 0.1) is 0 Å². The van der Waals surface area contributed by atoms with Crippen LogP contribution in [-0.2, 0) is 17.8 Å². The quantitative estimate of drug-likeness (QED) is 0.262. The summed E-state index contributed by atoms with van der Waals surface area (Å²) in [7, 11) is 1.63. The second-order valence-electron chi connectivity index (χ2n) is 8.41. The number of nitrogens with zero attached hydrogens (tertiary/aromatic N) is 2. The minimum Gasteiger partial charge on any atom is -0.497 e. The number of imidazole rings is 1. The fraction of sp³-hybridized carbons (Fsp3) is 0.286. The molecule has 0 radical (unpaired) electrons. The summed E-state index contributed by atoms with van der Waals surface area (Å²) in [6.45, 7) is 3.34. The second kappa shape index (κ2) is 11.8. The first-order valence-corrected chi connectivity index (χ1v) is 12.2. The van der Waals surface area contributed by atoms with Crippen molar-refractivity contribution in [2.24, 2.45) is 0 Å². The minimum atomic E-state index is -0.229. The van der Waals surface area contributed by atoms with Crippen molar-refractivity contribution in [3.63, 3.8) is 0 Å². The number of amides is 1. The molecule has 1 atom stereocenters. The maximum atomic E-state index is 12.7. The Balaban J connectivity index is 1.38. The third-order valence-corrected chi connectivity index (χ3v) is 6.16. The molecule has 0 aliphatic carbocycles. The Morgan fingerprint density at radius 2 is 1.77 bits per heavy atom. The summed E-state index contributed by atoms with van der Waals surface area (Å²) in [6, 6.07) is 22.9. The molecule has 0 fully saturated rings. The zero-order valence-electron chi connectivity index (χ0n) is 20.0. The maximum absolute atomic E-state index is 12.7. The van der Waals surface area contributed by atoms with Gasteiger partial charge in [0.05, 0.1) is 42.2 Å². The number of aryl methyl sites for hydroxylation is 1. The highest BCUT2D eigenvalue weighted by Gasteiger charge is 2.18. The number of fused-ring (bicyclic) bond motifs is 1. The number of hydrogen-bond donors (Lipinski definition) is 1. The van der Waals surface area contributed by atoms with Gasteiger partial charge in [0.25, 0.3) is 0 Å². The number of unbranched alkanes of at least 4 members (excludes halogenated alkanes) is 1. The van der Waals surface area contributed by atoms with Crippen LogP contribution in [0.25, 0.3) is 11.0 Å². The van der Waals surface area contributed by atoms with Gasteiger partial charge in [-0.25, -0.2) is 4.98 Å². The number of carbonyl (C=O) groups is 1. The van der Waals surface area contributed by atoms with Crippen molar-refractivity contribution in [2.45, 2.75) is 38.8 Å². The third kappa shape index (κ3) is 6.34. The molecular weight excluding hydrogens is 462 g/mol. The van der Waals surface area contributed by atoms with E-state index in [1.807, 2.05) is 73.7 Å². The van der Waals surface area contributed by atoms with Gasteiger partial charge in [-0.2, -0.15) is 0 Å². The minimum absolute atomic E-state index is 0.0468. The van der Waals surface area contributed by atoms with Gasteiger partial charge >= 0.3 is 0 Å².